The zero-order valence-electron chi connectivity index (χ0n) is 17.4. The number of thiophene rings is 1. The lowest BCUT2D eigenvalue weighted by atomic mass is 10.0. The molecule has 0 spiro atoms. The van der Waals surface area contributed by atoms with Crippen molar-refractivity contribution >= 4 is 33.2 Å². The second-order valence-corrected chi connectivity index (χ2v) is 9.68. The zero-order chi connectivity index (χ0) is 21.8. The van der Waals surface area contributed by atoms with Gasteiger partial charge in [0.2, 0.25) is 0 Å². The Balaban J connectivity index is 1.44. The Morgan fingerprint density at radius 1 is 1.31 bits per heavy atom. The number of aliphatic hydroxyl groups excluding tert-OH is 1. The van der Waals surface area contributed by atoms with Crippen molar-refractivity contribution in [1.82, 2.24) is 20.4 Å². The summed E-state index contributed by atoms with van der Waals surface area (Å²) in [6.45, 7) is 3.60. The fourth-order valence-corrected chi connectivity index (χ4v) is 5.92. The van der Waals surface area contributed by atoms with Crippen molar-refractivity contribution in [3.63, 3.8) is 0 Å². The average Bonchev–Trinajstić information content (AvgIpc) is 3.53. The Bertz CT molecular complexity index is 1330. The van der Waals surface area contributed by atoms with Gasteiger partial charge in [0.05, 0.1) is 27.7 Å². The van der Waals surface area contributed by atoms with Gasteiger partial charge in [0.25, 0.3) is 0 Å². The van der Waals surface area contributed by atoms with Crippen LogP contribution in [0.2, 0.25) is 5.02 Å². The fourth-order valence-electron chi connectivity index (χ4n) is 4.49. The molecular weight excluding hydrogens is 448 g/mol. The maximum absolute atomic E-state index is 10.3. The number of nitrogens with one attached hydrogen (secondary N) is 1. The van der Waals surface area contributed by atoms with Crippen LogP contribution in [0.25, 0.3) is 21.5 Å². The third kappa shape index (κ3) is 3.21. The van der Waals surface area contributed by atoms with E-state index in [2.05, 4.69) is 20.4 Å². The number of aromatic nitrogens is 3. The van der Waals surface area contributed by atoms with Gasteiger partial charge < -0.3 is 19.7 Å². The van der Waals surface area contributed by atoms with Gasteiger partial charge in [-0.2, -0.15) is 0 Å². The standard InChI is InChI=1S/C23H21ClN4O3S/c1-2-17(29)19-8-16-23(32-19)20(27-10-26-16)13-7-12(24)5-11-6-18(30-21(11)13)22-14-9-25-4-3-15(14)28-31-22/h5,7-8,10,17-18,25,29H,2-4,6,9H2,1H3/t17-,18?/m0/s1. The smallest absolute Gasteiger partial charge is 0.182 e. The molecule has 0 radical (unpaired) electrons. The van der Waals surface area contributed by atoms with E-state index in [1.165, 1.54) is 11.3 Å². The van der Waals surface area contributed by atoms with Crippen molar-refractivity contribution in [1.29, 1.82) is 0 Å². The molecule has 4 aromatic rings. The van der Waals surface area contributed by atoms with E-state index in [1.807, 2.05) is 25.1 Å². The molecule has 0 aliphatic carbocycles. The first kappa shape index (κ1) is 20.1. The topological polar surface area (TPSA) is 93.3 Å². The third-order valence-corrected chi connectivity index (χ3v) is 7.58. The van der Waals surface area contributed by atoms with Crippen LogP contribution in [-0.2, 0) is 19.4 Å². The lowest BCUT2D eigenvalue weighted by molar-refractivity contribution is 0.177. The molecule has 0 saturated carbocycles. The maximum atomic E-state index is 10.3. The Morgan fingerprint density at radius 3 is 3.09 bits per heavy atom. The number of fused-ring (bicyclic) bond motifs is 3. The Morgan fingerprint density at radius 2 is 2.22 bits per heavy atom. The molecule has 7 nitrogen and oxygen atoms in total. The predicted octanol–water partition coefficient (Wildman–Crippen LogP) is 4.77. The van der Waals surface area contributed by atoms with Crippen LogP contribution in [0.4, 0.5) is 0 Å². The van der Waals surface area contributed by atoms with Crippen LogP contribution in [0.15, 0.2) is 29.0 Å². The molecule has 0 bridgehead atoms. The number of aliphatic hydroxyl groups is 1. The van der Waals surface area contributed by atoms with Crippen LogP contribution >= 0.6 is 22.9 Å². The van der Waals surface area contributed by atoms with E-state index >= 15 is 0 Å². The molecule has 2 aliphatic rings. The van der Waals surface area contributed by atoms with E-state index in [1.54, 1.807) is 6.33 Å². The Labute approximate surface area is 193 Å². The van der Waals surface area contributed by atoms with Crippen molar-refractivity contribution in [3.8, 4) is 17.0 Å². The van der Waals surface area contributed by atoms with Crippen molar-refractivity contribution < 1.29 is 14.4 Å². The summed E-state index contributed by atoms with van der Waals surface area (Å²) in [5.74, 6) is 1.54. The van der Waals surface area contributed by atoms with Gasteiger partial charge in [0.15, 0.2) is 11.9 Å². The minimum absolute atomic E-state index is 0.253. The van der Waals surface area contributed by atoms with Crippen molar-refractivity contribution in [3.05, 3.63) is 57.0 Å². The summed E-state index contributed by atoms with van der Waals surface area (Å²) in [5.41, 5.74) is 5.52. The SMILES string of the molecule is CC[C@H](O)c1cc2ncnc(-c3cc(Cl)cc4c3OC(c3onc5c3CNCC5)C4)c2s1. The number of rotatable bonds is 4. The number of hydrogen-bond donors (Lipinski definition) is 2. The lowest BCUT2D eigenvalue weighted by Gasteiger charge is -2.14. The largest absolute Gasteiger partial charge is 0.481 e. The van der Waals surface area contributed by atoms with Gasteiger partial charge in [0.1, 0.15) is 12.1 Å². The first-order valence-electron chi connectivity index (χ1n) is 10.7. The summed E-state index contributed by atoms with van der Waals surface area (Å²) >= 11 is 8.02. The quantitative estimate of drug-likeness (QED) is 0.445. The highest BCUT2D eigenvalue weighted by Crippen LogP contribution is 2.47. The summed E-state index contributed by atoms with van der Waals surface area (Å²) in [6.07, 6.45) is 2.94. The molecule has 0 fully saturated rings. The molecule has 32 heavy (non-hydrogen) atoms. The monoisotopic (exact) mass is 468 g/mol. The van der Waals surface area contributed by atoms with E-state index in [-0.39, 0.29) is 6.10 Å². The summed E-state index contributed by atoms with van der Waals surface area (Å²) in [4.78, 5) is 9.87. The number of halogens is 1. The molecule has 0 saturated heterocycles. The lowest BCUT2D eigenvalue weighted by Crippen LogP contribution is -2.24. The molecule has 0 amide bonds. The van der Waals surface area contributed by atoms with Crippen LogP contribution in [0, 0.1) is 0 Å². The van der Waals surface area contributed by atoms with E-state index in [0.717, 1.165) is 74.2 Å². The number of benzene rings is 1. The van der Waals surface area contributed by atoms with E-state index < -0.39 is 6.10 Å². The van der Waals surface area contributed by atoms with Crippen LogP contribution in [0.3, 0.4) is 0 Å². The number of nitrogens with zero attached hydrogens (tertiary/aromatic N) is 3. The molecule has 2 aliphatic heterocycles. The van der Waals surface area contributed by atoms with Crippen LogP contribution in [0.5, 0.6) is 5.75 Å². The van der Waals surface area contributed by atoms with Crippen molar-refractivity contribution in [2.24, 2.45) is 0 Å². The van der Waals surface area contributed by atoms with Crippen molar-refractivity contribution in [2.75, 3.05) is 6.54 Å². The third-order valence-electron chi connectivity index (χ3n) is 6.13. The summed E-state index contributed by atoms with van der Waals surface area (Å²) in [7, 11) is 0. The predicted molar refractivity (Wildman–Crippen MR) is 122 cm³/mol. The molecular formula is C23H21ClN4O3S. The first-order valence-corrected chi connectivity index (χ1v) is 11.9. The highest BCUT2D eigenvalue weighted by molar-refractivity contribution is 7.19. The van der Waals surface area contributed by atoms with Gasteiger partial charge in [-0.25, -0.2) is 9.97 Å². The van der Waals surface area contributed by atoms with Crippen LogP contribution in [-0.4, -0.2) is 26.8 Å². The normalized spacial score (nSPS) is 18.4. The van der Waals surface area contributed by atoms with E-state index in [4.69, 9.17) is 20.9 Å². The van der Waals surface area contributed by atoms with Crippen LogP contribution < -0.4 is 10.1 Å². The minimum Gasteiger partial charge on any atom is -0.481 e. The van der Waals surface area contributed by atoms with Gasteiger partial charge in [0, 0.05) is 52.5 Å². The molecule has 1 unspecified atom stereocenters. The molecule has 6 rings (SSSR count). The molecule has 1 aromatic carbocycles. The van der Waals surface area contributed by atoms with Gasteiger partial charge >= 0.3 is 0 Å². The van der Waals surface area contributed by atoms with Gasteiger partial charge in [-0.1, -0.05) is 23.7 Å². The van der Waals surface area contributed by atoms with Crippen molar-refractivity contribution in [2.45, 2.75) is 44.9 Å². The molecule has 2 atom stereocenters. The van der Waals surface area contributed by atoms with E-state index in [0.29, 0.717) is 17.9 Å². The maximum Gasteiger partial charge on any atom is 0.182 e. The second kappa shape index (κ2) is 7.81. The summed E-state index contributed by atoms with van der Waals surface area (Å²) in [6, 6.07) is 5.76. The fraction of sp³-hybridized carbons (Fsp3) is 0.348. The van der Waals surface area contributed by atoms with Gasteiger partial charge in [-0.05, 0) is 24.6 Å². The first-order chi connectivity index (χ1) is 15.6. The Hall–Kier alpha value is -2.52. The molecule has 5 heterocycles. The average molecular weight is 469 g/mol. The molecule has 2 N–H and O–H groups in total. The minimum atomic E-state index is -0.515. The highest BCUT2D eigenvalue weighted by Gasteiger charge is 2.34. The van der Waals surface area contributed by atoms with E-state index in [9.17, 15) is 5.11 Å². The van der Waals surface area contributed by atoms with Crippen LogP contribution in [0.1, 0.15) is 53.0 Å². The summed E-state index contributed by atoms with van der Waals surface area (Å²) in [5, 5.41) is 18.6. The number of ether oxygens (including phenoxy) is 1. The zero-order valence-corrected chi connectivity index (χ0v) is 19.0. The summed E-state index contributed by atoms with van der Waals surface area (Å²) < 4.78 is 13.1. The van der Waals surface area contributed by atoms with Gasteiger partial charge in [-0.3, -0.25) is 0 Å². The second-order valence-electron chi connectivity index (χ2n) is 8.16. The Kier molecular flexibility index (Phi) is 4.91. The highest BCUT2D eigenvalue weighted by atomic mass is 35.5. The molecule has 164 valence electrons. The van der Waals surface area contributed by atoms with Gasteiger partial charge in [-0.15, -0.1) is 11.3 Å². The number of hydrogen-bond acceptors (Lipinski definition) is 8. The molecule has 9 heteroatoms. The molecule has 3 aromatic heterocycles.